The van der Waals surface area contributed by atoms with Crippen LogP contribution in [0.1, 0.15) is 34.3 Å². The van der Waals surface area contributed by atoms with Gasteiger partial charge in [0.2, 0.25) is 0 Å². The van der Waals surface area contributed by atoms with Gasteiger partial charge < -0.3 is 14.8 Å². The van der Waals surface area contributed by atoms with E-state index < -0.39 is 0 Å². The number of unbranched alkanes of at least 4 members (excludes halogenated alkanes) is 1. The lowest BCUT2D eigenvalue weighted by atomic mass is 10.1. The molecule has 0 bridgehead atoms. The molecule has 1 N–H and O–H groups in total. The van der Waals surface area contributed by atoms with Crippen molar-refractivity contribution in [1.82, 2.24) is 4.98 Å². The van der Waals surface area contributed by atoms with Crippen LogP contribution < -0.4 is 14.8 Å². The number of pyridine rings is 1. The van der Waals surface area contributed by atoms with Gasteiger partial charge in [0, 0.05) is 23.7 Å². The number of carbonyl (C=O) groups is 1. The number of amides is 1. The van der Waals surface area contributed by atoms with Gasteiger partial charge >= 0.3 is 0 Å². The largest absolute Gasteiger partial charge is 0.490 e. The summed E-state index contributed by atoms with van der Waals surface area (Å²) in [6.45, 7) is 0.575. The fraction of sp³-hybridized carbons (Fsp3) is 0.167. The molecule has 0 spiro atoms. The Morgan fingerprint density at radius 1 is 1.03 bits per heavy atom. The Balaban J connectivity index is 1.66. The lowest BCUT2D eigenvalue weighted by molar-refractivity contribution is 0.102. The summed E-state index contributed by atoms with van der Waals surface area (Å²) in [5, 5.41) is 20.6. The summed E-state index contributed by atoms with van der Waals surface area (Å²) < 4.78 is 11.4. The van der Waals surface area contributed by atoms with Crippen LogP contribution in [0.15, 0.2) is 66.9 Å². The molecule has 1 heterocycles. The van der Waals surface area contributed by atoms with Crippen LogP contribution >= 0.6 is 0 Å². The van der Waals surface area contributed by atoms with E-state index in [1.807, 2.05) is 12.1 Å². The van der Waals surface area contributed by atoms with Gasteiger partial charge in [0.05, 0.1) is 24.3 Å². The van der Waals surface area contributed by atoms with Gasteiger partial charge in [0.1, 0.15) is 12.4 Å². The van der Waals surface area contributed by atoms with Crippen LogP contribution in [0.25, 0.3) is 0 Å². The number of aromatic nitrogens is 1. The predicted molar refractivity (Wildman–Crippen MR) is 114 cm³/mol. The van der Waals surface area contributed by atoms with Crippen LogP contribution in [0.2, 0.25) is 0 Å². The van der Waals surface area contributed by atoms with Crippen molar-refractivity contribution in [3.63, 3.8) is 0 Å². The second kappa shape index (κ2) is 11.0. The first-order valence-electron chi connectivity index (χ1n) is 9.68. The first kappa shape index (κ1) is 21.4. The third-order valence-electron chi connectivity index (χ3n) is 4.32. The summed E-state index contributed by atoms with van der Waals surface area (Å²) in [4.78, 5) is 16.9. The SMILES string of the molecule is N#CCCCOc1cccnc1NC(=O)c1cccc(OCc2ccccc2C#N)c1. The number of nitrogens with zero attached hydrogens (tertiary/aromatic N) is 3. The lowest BCUT2D eigenvalue weighted by Gasteiger charge is -2.12. The van der Waals surface area contributed by atoms with Crippen LogP contribution in [0, 0.1) is 22.7 Å². The summed E-state index contributed by atoms with van der Waals surface area (Å²) in [6.07, 6.45) is 2.55. The highest BCUT2D eigenvalue weighted by Crippen LogP contribution is 2.23. The van der Waals surface area contributed by atoms with E-state index in [2.05, 4.69) is 22.4 Å². The molecule has 31 heavy (non-hydrogen) atoms. The van der Waals surface area contributed by atoms with Crippen LogP contribution in [0.5, 0.6) is 11.5 Å². The molecule has 2 aromatic carbocycles. The van der Waals surface area contributed by atoms with E-state index in [9.17, 15) is 10.1 Å². The first-order chi connectivity index (χ1) is 15.2. The van der Waals surface area contributed by atoms with Gasteiger partial charge in [0.25, 0.3) is 5.91 Å². The first-order valence-corrected chi connectivity index (χ1v) is 9.68. The maximum atomic E-state index is 12.7. The van der Waals surface area contributed by atoms with E-state index in [4.69, 9.17) is 14.7 Å². The average Bonchev–Trinajstić information content (AvgIpc) is 2.82. The summed E-state index contributed by atoms with van der Waals surface area (Å²) in [5.74, 6) is 0.894. The molecule has 1 amide bonds. The van der Waals surface area contributed by atoms with Crippen LogP contribution in [0.3, 0.4) is 0 Å². The van der Waals surface area contributed by atoms with Crippen molar-refractivity contribution in [2.45, 2.75) is 19.4 Å². The predicted octanol–water partition coefficient (Wildman–Crippen LogP) is 4.47. The third kappa shape index (κ3) is 6.06. The molecule has 3 rings (SSSR count). The zero-order chi connectivity index (χ0) is 21.9. The molecule has 0 aliphatic rings. The molecular formula is C24H20N4O3. The van der Waals surface area contributed by atoms with Gasteiger partial charge in [-0.25, -0.2) is 4.98 Å². The molecule has 0 aliphatic carbocycles. The van der Waals surface area contributed by atoms with Crippen molar-refractivity contribution in [2.24, 2.45) is 0 Å². The molecule has 1 aromatic heterocycles. The minimum atomic E-state index is -0.358. The van der Waals surface area contributed by atoms with Crippen LogP contribution in [-0.4, -0.2) is 17.5 Å². The molecule has 7 nitrogen and oxygen atoms in total. The maximum absolute atomic E-state index is 12.7. The van der Waals surface area contributed by atoms with Gasteiger partial charge in [0.15, 0.2) is 11.6 Å². The summed E-state index contributed by atoms with van der Waals surface area (Å²) >= 11 is 0. The van der Waals surface area contributed by atoms with E-state index in [-0.39, 0.29) is 12.5 Å². The van der Waals surface area contributed by atoms with Gasteiger partial charge in [-0.2, -0.15) is 10.5 Å². The highest BCUT2D eigenvalue weighted by Gasteiger charge is 2.12. The summed E-state index contributed by atoms with van der Waals surface area (Å²) in [6, 6.07) is 21.6. The zero-order valence-corrected chi connectivity index (χ0v) is 16.7. The number of nitriles is 2. The van der Waals surface area contributed by atoms with Gasteiger partial charge in [-0.15, -0.1) is 0 Å². The Bertz CT molecular complexity index is 1130. The zero-order valence-electron chi connectivity index (χ0n) is 16.7. The van der Waals surface area contributed by atoms with Crippen molar-refractivity contribution < 1.29 is 14.3 Å². The monoisotopic (exact) mass is 412 g/mol. The average molecular weight is 412 g/mol. The smallest absolute Gasteiger partial charge is 0.257 e. The minimum Gasteiger partial charge on any atom is -0.490 e. The highest BCUT2D eigenvalue weighted by atomic mass is 16.5. The number of ether oxygens (including phenoxy) is 2. The maximum Gasteiger partial charge on any atom is 0.257 e. The molecule has 0 unspecified atom stereocenters. The fourth-order valence-corrected chi connectivity index (χ4v) is 2.76. The van der Waals surface area contributed by atoms with Crippen molar-refractivity contribution in [2.75, 3.05) is 11.9 Å². The van der Waals surface area contributed by atoms with E-state index in [1.165, 1.54) is 0 Å². The topological polar surface area (TPSA) is 108 Å². The van der Waals surface area contributed by atoms with Gasteiger partial charge in [-0.05, 0) is 42.8 Å². The molecule has 0 aliphatic heterocycles. The molecule has 154 valence electrons. The Morgan fingerprint density at radius 3 is 2.74 bits per heavy atom. The molecule has 3 aromatic rings. The number of carbonyl (C=O) groups excluding carboxylic acids is 1. The number of hydrogen-bond donors (Lipinski definition) is 1. The van der Waals surface area contributed by atoms with Crippen LogP contribution in [-0.2, 0) is 6.61 Å². The highest BCUT2D eigenvalue weighted by molar-refractivity contribution is 6.04. The third-order valence-corrected chi connectivity index (χ3v) is 4.32. The molecular weight excluding hydrogens is 392 g/mol. The van der Waals surface area contributed by atoms with E-state index >= 15 is 0 Å². The number of hydrogen-bond acceptors (Lipinski definition) is 6. The quantitative estimate of drug-likeness (QED) is 0.520. The molecule has 0 radical (unpaired) electrons. The van der Waals surface area contributed by atoms with Crippen molar-refractivity contribution >= 4 is 11.7 Å². The minimum absolute atomic E-state index is 0.218. The normalized spacial score (nSPS) is 9.87. The number of benzene rings is 2. The van der Waals surface area contributed by atoms with E-state index in [1.54, 1.807) is 54.7 Å². The molecule has 0 atom stereocenters. The Labute approximate surface area is 180 Å². The van der Waals surface area contributed by atoms with Gasteiger partial charge in [-0.3, -0.25) is 4.79 Å². The number of anilines is 1. The van der Waals surface area contributed by atoms with E-state index in [0.717, 1.165) is 5.56 Å². The number of rotatable bonds is 9. The van der Waals surface area contributed by atoms with Crippen molar-refractivity contribution in [3.05, 3.63) is 83.6 Å². The van der Waals surface area contributed by atoms with Crippen LogP contribution in [0.4, 0.5) is 5.82 Å². The molecule has 0 saturated heterocycles. The molecule has 7 heteroatoms. The molecule has 0 fully saturated rings. The Kier molecular flexibility index (Phi) is 7.57. The van der Waals surface area contributed by atoms with Crippen molar-refractivity contribution in [3.8, 4) is 23.6 Å². The second-order valence-electron chi connectivity index (χ2n) is 6.50. The second-order valence-corrected chi connectivity index (χ2v) is 6.50. The van der Waals surface area contributed by atoms with E-state index in [0.29, 0.717) is 47.9 Å². The Morgan fingerprint density at radius 2 is 1.90 bits per heavy atom. The summed E-state index contributed by atoms with van der Waals surface area (Å²) in [7, 11) is 0. The van der Waals surface area contributed by atoms with Crippen molar-refractivity contribution in [1.29, 1.82) is 10.5 Å². The standard InChI is InChI=1S/C24H20N4O3/c25-12-3-4-14-30-22-11-6-13-27-23(22)28-24(29)18-9-5-10-21(15-18)31-17-20-8-2-1-7-19(20)16-26/h1-2,5-11,13,15H,3-4,14,17H2,(H,27,28,29). The Hall–Kier alpha value is -4.36. The lowest BCUT2D eigenvalue weighted by Crippen LogP contribution is -2.14. The molecule has 0 saturated carbocycles. The van der Waals surface area contributed by atoms with Gasteiger partial charge in [-0.1, -0.05) is 24.3 Å². The number of nitrogens with one attached hydrogen (secondary N) is 1. The fourth-order valence-electron chi connectivity index (χ4n) is 2.76. The summed E-state index contributed by atoms with van der Waals surface area (Å²) in [5.41, 5.74) is 1.72.